The van der Waals surface area contributed by atoms with Crippen LogP contribution in [0.2, 0.25) is 5.15 Å². The Bertz CT molecular complexity index is 711. The van der Waals surface area contributed by atoms with Crippen molar-refractivity contribution in [2.45, 2.75) is 13.5 Å². The molecular weight excluding hydrogens is 248 g/mol. The highest BCUT2D eigenvalue weighted by molar-refractivity contribution is 6.32. The minimum absolute atomic E-state index is 0.348. The monoisotopic (exact) mass is 260 g/mol. The summed E-state index contributed by atoms with van der Waals surface area (Å²) in [5.74, 6) is 0.694. The molecule has 2 aromatic heterocycles. The third-order valence-electron chi connectivity index (χ3n) is 3.03. The van der Waals surface area contributed by atoms with Crippen LogP contribution in [-0.4, -0.2) is 15.0 Å². The van der Waals surface area contributed by atoms with Gasteiger partial charge < -0.3 is 15.7 Å². The Hall–Kier alpha value is -1.78. The van der Waals surface area contributed by atoms with Gasteiger partial charge in [0.05, 0.1) is 6.54 Å². The average molecular weight is 261 g/mol. The molecule has 0 aliphatic rings. The highest BCUT2D eigenvalue weighted by atomic mass is 35.5. The van der Waals surface area contributed by atoms with Gasteiger partial charge in [0.15, 0.2) is 0 Å². The van der Waals surface area contributed by atoms with Gasteiger partial charge in [-0.25, -0.2) is 4.98 Å². The molecule has 18 heavy (non-hydrogen) atoms. The highest BCUT2D eigenvalue weighted by Crippen LogP contribution is 2.34. The van der Waals surface area contributed by atoms with Crippen molar-refractivity contribution < 1.29 is 0 Å². The van der Waals surface area contributed by atoms with Gasteiger partial charge in [-0.3, -0.25) is 0 Å². The van der Waals surface area contributed by atoms with Crippen LogP contribution in [0.15, 0.2) is 24.3 Å². The molecule has 0 fully saturated rings. The quantitative estimate of drug-likeness (QED) is 0.663. The lowest BCUT2D eigenvalue weighted by molar-refractivity contribution is 0.950. The molecule has 0 radical (unpaired) electrons. The Balaban J connectivity index is 2.30. The van der Waals surface area contributed by atoms with Crippen LogP contribution in [0.1, 0.15) is 11.5 Å². The van der Waals surface area contributed by atoms with Gasteiger partial charge in [0.25, 0.3) is 0 Å². The molecule has 2 heterocycles. The molecule has 3 aromatic rings. The number of imidazole rings is 1. The maximum atomic E-state index is 6.20. The molecule has 0 saturated carbocycles. The molecule has 3 rings (SSSR count). The number of fused-ring (bicyclic) bond motifs is 1. The van der Waals surface area contributed by atoms with Gasteiger partial charge in [0.2, 0.25) is 0 Å². The van der Waals surface area contributed by atoms with Crippen LogP contribution in [0, 0.1) is 6.92 Å². The van der Waals surface area contributed by atoms with Gasteiger partial charge in [0.1, 0.15) is 16.7 Å². The van der Waals surface area contributed by atoms with Crippen LogP contribution in [0.3, 0.4) is 0 Å². The first-order valence-electron chi connectivity index (χ1n) is 5.73. The molecular formula is C13H13ClN4. The van der Waals surface area contributed by atoms with E-state index < -0.39 is 0 Å². The van der Waals surface area contributed by atoms with E-state index in [1.54, 1.807) is 0 Å². The Morgan fingerprint density at radius 3 is 2.78 bits per heavy atom. The fraction of sp³-hybridized carbons (Fsp3) is 0.154. The largest absolute Gasteiger partial charge is 0.358 e. The molecule has 5 heteroatoms. The number of halogens is 1. The van der Waals surface area contributed by atoms with E-state index in [0.29, 0.717) is 17.5 Å². The van der Waals surface area contributed by atoms with Gasteiger partial charge >= 0.3 is 0 Å². The van der Waals surface area contributed by atoms with E-state index in [1.165, 1.54) is 0 Å². The molecule has 0 aliphatic carbocycles. The van der Waals surface area contributed by atoms with E-state index in [1.807, 2.05) is 25.1 Å². The van der Waals surface area contributed by atoms with Crippen LogP contribution >= 0.6 is 11.6 Å². The van der Waals surface area contributed by atoms with Crippen molar-refractivity contribution in [3.63, 3.8) is 0 Å². The number of nitrogens with one attached hydrogen (secondary N) is 2. The minimum atomic E-state index is 0.348. The summed E-state index contributed by atoms with van der Waals surface area (Å²) < 4.78 is 0. The van der Waals surface area contributed by atoms with Crippen molar-refractivity contribution in [3.8, 4) is 11.3 Å². The fourth-order valence-electron chi connectivity index (χ4n) is 2.24. The van der Waals surface area contributed by atoms with E-state index in [9.17, 15) is 0 Å². The van der Waals surface area contributed by atoms with E-state index in [-0.39, 0.29) is 0 Å². The number of nitrogens with zero attached hydrogens (tertiary/aromatic N) is 1. The summed E-state index contributed by atoms with van der Waals surface area (Å²) in [4.78, 5) is 10.8. The number of H-pyrrole nitrogens is 2. The number of benzene rings is 1. The summed E-state index contributed by atoms with van der Waals surface area (Å²) in [6, 6.07) is 8.10. The molecule has 0 atom stereocenters. The normalized spacial score (nSPS) is 11.3. The number of aryl methyl sites for hydroxylation is 1. The molecule has 0 spiro atoms. The van der Waals surface area contributed by atoms with Crippen molar-refractivity contribution in [1.29, 1.82) is 0 Å². The zero-order chi connectivity index (χ0) is 12.7. The standard InChI is InChI=1S/C13H13ClN4/c1-7-11(8-4-2-3-5-9(8)16-7)12-13(14)18-10(6-15)17-12/h2-5,16H,6,15H2,1H3,(H,17,18). The van der Waals surface area contributed by atoms with E-state index in [4.69, 9.17) is 17.3 Å². The minimum Gasteiger partial charge on any atom is -0.358 e. The molecule has 1 aromatic carbocycles. The third kappa shape index (κ3) is 1.62. The zero-order valence-electron chi connectivity index (χ0n) is 9.92. The number of para-hydroxylation sites is 1. The number of aromatic amines is 2. The lowest BCUT2D eigenvalue weighted by atomic mass is 10.1. The number of hydrogen-bond acceptors (Lipinski definition) is 2. The van der Waals surface area contributed by atoms with Gasteiger partial charge in [-0.2, -0.15) is 0 Å². The van der Waals surface area contributed by atoms with Gasteiger partial charge in [-0.15, -0.1) is 0 Å². The summed E-state index contributed by atoms with van der Waals surface area (Å²) in [6.07, 6.45) is 0. The van der Waals surface area contributed by atoms with E-state index in [0.717, 1.165) is 27.9 Å². The first kappa shape index (κ1) is 11.3. The van der Waals surface area contributed by atoms with Gasteiger partial charge in [-0.1, -0.05) is 29.8 Å². The molecule has 4 N–H and O–H groups in total. The van der Waals surface area contributed by atoms with E-state index >= 15 is 0 Å². The second-order valence-corrected chi connectivity index (χ2v) is 4.60. The summed E-state index contributed by atoms with van der Waals surface area (Å²) >= 11 is 6.20. The van der Waals surface area contributed by atoms with Crippen LogP contribution in [0.4, 0.5) is 0 Å². The zero-order valence-corrected chi connectivity index (χ0v) is 10.7. The van der Waals surface area contributed by atoms with Crippen molar-refractivity contribution in [2.75, 3.05) is 0 Å². The van der Waals surface area contributed by atoms with Crippen LogP contribution in [-0.2, 0) is 6.54 Å². The van der Waals surface area contributed by atoms with Crippen molar-refractivity contribution >= 4 is 22.5 Å². The second kappa shape index (κ2) is 4.15. The maximum Gasteiger partial charge on any atom is 0.134 e. The fourth-order valence-corrected chi connectivity index (χ4v) is 2.49. The molecule has 0 bridgehead atoms. The number of nitrogens with two attached hydrogens (primary N) is 1. The smallest absolute Gasteiger partial charge is 0.134 e. The molecule has 4 nitrogen and oxygen atoms in total. The predicted octanol–water partition coefficient (Wildman–Crippen LogP) is 2.98. The lowest BCUT2D eigenvalue weighted by Gasteiger charge is -1.97. The Morgan fingerprint density at radius 2 is 2.06 bits per heavy atom. The third-order valence-corrected chi connectivity index (χ3v) is 3.31. The summed E-state index contributed by atoms with van der Waals surface area (Å²) in [5, 5.41) is 1.65. The molecule has 0 unspecified atom stereocenters. The SMILES string of the molecule is Cc1[nH]c2ccccc2c1-c1nc(CN)[nH]c1Cl. The Labute approximate surface area is 109 Å². The Morgan fingerprint density at radius 1 is 1.28 bits per heavy atom. The lowest BCUT2D eigenvalue weighted by Crippen LogP contribution is -1.97. The first-order valence-corrected chi connectivity index (χ1v) is 6.10. The van der Waals surface area contributed by atoms with Crippen molar-refractivity contribution in [3.05, 3.63) is 40.9 Å². The molecule has 0 saturated heterocycles. The van der Waals surface area contributed by atoms with Crippen LogP contribution < -0.4 is 5.73 Å². The maximum absolute atomic E-state index is 6.20. The summed E-state index contributed by atoms with van der Waals surface area (Å²) in [5.41, 5.74) is 9.50. The average Bonchev–Trinajstić information content (AvgIpc) is 2.88. The number of rotatable bonds is 2. The van der Waals surface area contributed by atoms with Crippen LogP contribution in [0.25, 0.3) is 22.2 Å². The van der Waals surface area contributed by atoms with Crippen molar-refractivity contribution in [1.82, 2.24) is 15.0 Å². The molecule has 0 amide bonds. The van der Waals surface area contributed by atoms with Gasteiger partial charge in [-0.05, 0) is 13.0 Å². The second-order valence-electron chi connectivity index (χ2n) is 4.22. The topological polar surface area (TPSA) is 70.5 Å². The highest BCUT2D eigenvalue weighted by Gasteiger charge is 2.16. The summed E-state index contributed by atoms with van der Waals surface area (Å²) in [6.45, 7) is 2.36. The first-order chi connectivity index (χ1) is 8.70. The Kier molecular flexibility index (Phi) is 2.61. The van der Waals surface area contributed by atoms with Crippen LogP contribution in [0.5, 0.6) is 0 Å². The van der Waals surface area contributed by atoms with E-state index in [2.05, 4.69) is 21.0 Å². The molecule has 0 aliphatic heterocycles. The number of aromatic nitrogens is 3. The van der Waals surface area contributed by atoms with Gasteiger partial charge in [0, 0.05) is 22.2 Å². The molecule has 92 valence electrons. The summed E-state index contributed by atoms with van der Waals surface area (Å²) in [7, 11) is 0. The predicted molar refractivity (Wildman–Crippen MR) is 73.5 cm³/mol. The van der Waals surface area contributed by atoms with Crippen molar-refractivity contribution in [2.24, 2.45) is 5.73 Å². The number of hydrogen-bond donors (Lipinski definition) is 3.